The molecule has 5 aromatic rings. The van der Waals surface area contributed by atoms with Crippen LogP contribution in [0.2, 0.25) is 10.0 Å². The number of benzene rings is 3. The van der Waals surface area contributed by atoms with Gasteiger partial charge in [-0.2, -0.15) is 5.10 Å². The lowest BCUT2D eigenvalue weighted by molar-refractivity contribution is -0.190. The number of piperazine rings is 1. The molecule has 0 saturated carbocycles. The van der Waals surface area contributed by atoms with E-state index in [1.54, 1.807) is 23.1 Å². The van der Waals surface area contributed by atoms with E-state index in [1.165, 1.54) is 17.7 Å². The summed E-state index contributed by atoms with van der Waals surface area (Å²) in [6.07, 6.45) is 4.65. The number of hydrogen-bond acceptors (Lipinski definition) is 8. The van der Waals surface area contributed by atoms with E-state index in [0.717, 1.165) is 49.0 Å². The summed E-state index contributed by atoms with van der Waals surface area (Å²) in [7, 11) is 0. The molecule has 2 aliphatic rings. The Labute approximate surface area is 271 Å². The number of aromatic amines is 1. The van der Waals surface area contributed by atoms with Crippen molar-refractivity contribution in [2.75, 3.05) is 49.2 Å². The van der Waals surface area contributed by atoms with Crippen LogP contribution in [0, 0.1) is 6.92 Å². The Hall–Kier alpha value is -4.09. The Morgan fingerprint density at radius 1 is 0.956 bits per heavy atom. The predicted octanol–water partition coefficient (Wildman–Crippen LogP) is 5.96. The topological polar surface area (TPSA) is 93.6 Å². The van der Waals surface area contributed by atoms with Crippen molar-refractivity contribution in [3.8, 4) is 17.0 Å². The molecule has 2 fully saturated rings. The molecule has 10 nitrogen and oxygen atoms in total. The molecule has 2 atom stereocenters. The second-order valence-electron chi connectivity index (χ2n) is 11.2. The normalized spacial score (nSPS) is 20.1. The summed E-state index contributed by atoms with van der Waals surface area (Å²) >= 11 is 12.7. The van der Waals surface area contributed by atoms with Gasteiger partial charge in [0.1, 0.15) is 43.5 Å². The van der Waals surface area contributed by atoms with E-state index in [0.29, 0.717) is 28.8 Å². The molecule has 4 heterocycles. The summed E-state index contributed by atoms with van der Waals surface area (Å²) in [4.78, 5) is 16.5. The van der Waals surface area contributed by atoms with Gasteiger partial charge in [0.05, 0.1) is 23.5 Å². The average Bonchev–Trinajstić information content (AvgIpc) is 3.83. The molecule has 2 aliphatic heterocycles. The van der Waals surface area contributed by atoms with Gasteiger partial charge in [0, 0.05) is 48.1 Å². The first kappa shape index (κ1) is 29.6. The number of imidazole rings is 1. The number of aromatic nitrogens is 5. The lowest BCUT2D eigenvalue weighted by atomic mass is 10.1. The van der Waals surface area contributed by atoms with Gasteiger partial charge in [-0.3, -0.25) is 0 Å². The van der Waals surface area contributed by atoms with E-state index < -0.39 is 5.79 Å². The molecule has 2 aromatic heterocycles. The van der Waals surface area contributed by atoms with Gasteiger partial charge in [-0.15, -0.1) is 0 Å². The molecule has 1 N–H and O–H groups in total. The zero-order chi connectivity index (χ0) is 30.8. The van der Waals surface area contributed by atoms with E-state index >= 15 is 0 Å². The van der Waals surface area contributed by atoms with Crippen LogP contribution in [0.4, 0.5) is 11.4 Å². The fraction of sp³-hybridized carbons (Fsp3) is 0.303. The van der Waals surface area contributed by atoms with E-state index in [4.69, 9.17) is 37.4 Å². The smallest absolute Gasteiger partial charge is 0.217 e. The van der Waals surface area contributed by atoms with Gasteiger partial charge in [-0.25, -0.2) is 14.6 Å². The van der Waals surface area contributed by atoms with Crippen LogP contribution in [0.3, 0.4) is 0 Å². The zero-order valence-electron chi connectivity index (χ0n) is 24.8. The highest BCUT2D eigenvalue weighted by Gasteiger charge is 2.45. The lowest BCUT2D eigenvalue weighted by Gasteiger charge is -2.37. The van der Waals surface area contributed by atoms with Gasteiger partial charge in [0.15, 0.2) is 0 Å². The molecular weight excluding hydrogens is 613 g/mol. The summed E-state index contributed by atoms with van der Waals surface area (Å²) < 4.78 is 20.5. The van der Waals surface area contributed by atoms with Gasteiger partial charge < -0.3 is 29.0 Å². The maximum atomic E-state index is 6.57. The Balaban J connectivity index is 0.932. The molecule has 0 spiro atoms. The molecule has 7 rings (SSSR count). The summed E-state index contributed by atoms with van der Waals surface area (Å²) in [5, 5.41) is 5.23. The van der Waals surface area contributed by atoms with Crippen molar-refractivity contribution in [3.63, 3.8) is 0 Å². The highest BCUT2D eigenvalue weighted by Crippen LogP contribution is 2.40. The second kappa shape index (κ2) is 12.7. The summed E-state index contributed by atoms with van der Waals surface area (Å²) in [5.41, 5.74) is 5.28. The number of hydrogen-bond donors (Lipinski definition) is 1. The minimum atomic E-state index is -1.14. The van der Waals surface area contributed by atoms with Crippen LogP contribution in [0.5, 0.6) is 5.75 Å². The first-order valence-electron chi connectivity index (χ1n) is 14.9. The molecule has 0 bridgehead atoms. The minimum absolute atomic E-state index is 0.281. The van der Waals surface area contributed by atoms with Crippen molar-refractivity contribution < 1.29 is 14.2 Å². The number of nitrogens with one attached hydrogen (secondary N) is 1. The number of ether oxygens (including phenoxy) is 3. The van der Waals surface area contributed by atoms with Crippen molar-refractivity contribution in [2.45, 2.75) is 25.4 Å². The van der Waals surface area contributed by atoms with Crippen LogP contribution in [0.15, 0.2) is 85.6 Å². The largest absolute Gasteiger partial charge is 0.491 e. The molecule has 232 valence electrons. The standard InChI is InChI=1S/C33H33Cl2N7O3/c1-23-37-17-32(39-23)24-2-5-26(6-3-24)40-12-14-41(15-13-40)27-7-9-28(10-8-27)43-18-29-19-44-33(45-29,20-42-22-36-21-38-42)30-11-4-25(34)16-31(30)35/h2-11,16-17,21-22,29H,12-15,18-20H2,1H3,(H,37,39)/t29-,33-/m1/s1. The lowest BCUT2D eigenvalue weighted by Crippen LogP contribution is -2.46. The van der Waals surface area contributed by atoms with Crippen LogP contribution in [0.25, 0.3) is 11.3 Å². The van der Waals surface area contributed by atoms with Gasteiger partial charge in [-0.1, -0.05) is 41.4 Å². The third-order valence-electron chi connectivity index (χ3n) is 8.20. The number of halogens is 2. The average molecular weight is 647 g/mol. The van der Waals surface area contributed by atoms with Crippen molar-refractivity contribution in [1.29, 1.82) is 0 Å². The summed E-state index contributed by atoms with van der Waals surface area (Å²) in [5.74, 6) is 0.549. The minimum Gasteiger partial charge on any atom is -0.491 e. The van der Waals surface area contributed by atoms with E-state index in [9.17, 15) is 0 Å². The van der Waals surface area contributed by atoms with Crippen LogP contribution in [-0.4, -0.2) is 70.2 Å². The maximum Gasteiger partial charge on any atom is 0.217 e. The highest BCUT2D eigenvalue weighted by atomic mass is 35.5. The molecule has 45 heavy (non-hydrogen) atoms. The molecule has 2 saturated heterocycles. The molecular formula is C33H33Cl2N7O3. The fourth-order valence-electron chi connectivity index (χ4n) is 5.87. The van der Waals surface area contributed by atoms with Crippen molar-refractivity contribution in [2.24, 2.45) is 0 Å². The number of nitrogens with zero attached hydrogens (tertiary/aromatic N) is 6. The number of rotatable bonds is 9. The van der Waals surface area contributed by atoms with Crippen LogP contribution in [-0.2, 0) is 21.8 Å². The Morgan fingerprint density at radius 2 is 1.67 bits per heavy atom. The fourth-order valence-corrected chi connectivity index (χ4v) is 6.42. The quantitative estimate of drug-likeness (QED) is 0.210. The number of aryl methyl sites for hydroxylation is 1. The van der Waals surface area contributed by atoms with E-state index in [2.05, 4.69) is 66.2 Å². The monoisotopic (exact) mass is 645 g/mol. The van der Waals surface area contributed by atoms with Gasteiger partial charge >= 0.3 is 0 Å². The van der Waals surface area contributed by atoms with Crippen molar-refractivity contribution in [3.05, 3.63) is 107 Å². The molecule has 0 unspecified atom stereocenters. The van der Waals surface area contributed by atoms with Crippen molar-refractivity contribution >= 4 is 34.6 Å². The maximum absolute atomic E-state index is 6.57. The molecule has 3 aromatic carbocycles. The molecule has 12 heteroatoms. The van der Waals surface area contributed by atoms with Crippen molar-refractivity contribution in [1.82, 2.24) is 24.7 Å². The number of H-pyrrole nitrogens is 1. The highest BCUT2D eigenvalue weighted by molar-refractivity contribution is 6.35. The van der Waals surface area contributed by atoms with E-state index in [-0.39, 0.29) is 12.6 Å². The molecule has 0 aliphatic carbocycles. The Kier molecular flexibility index (Phi) is 8.37. The summed E-state index contributed by atoms with van der Waals surface area (Å²) in [6.45, 7) is 6.69. The molecule has 0 radical (unpaired) electrons. The Morgan fingerprint density at radius 3 is 2.29 bits per heavy atom. The zero-order valence-corrected chi connectivity index (χ0v) is 26.3. The van der Waals surface area contributed by atoms with Crippen LogP contribution < -0.4 is 14.5 Å². The second-order valence-corrected chi connectivity index (χ2v) is 12.1. The van der Waals surface area contributed by atoms with Gasteiger partial charge in [-0.05, 0) is 61.0 Å². The Bertz CT molecular complexity index is 1720. The number of anilines is 2. The first-order chi connectivity index (χ1) is 21.9. The van der Waals surface area contributed by atoms with Crippen LogP contribution in [0.1, 0.15) is 11.4 Å². The third-order valence-corrected chi connectivity index (χ3v) is 8.75. The SMILES string of the molecule is Cc1ncc(-c2ccc(N3CCN(c4ccc(OC[C@@H]5CO[C@@](Cn6cncn6)(c6ccc(Cl)cc6Cl)O5)cc4)CC3)cc2)[nH]1. The third kappa shape index (κ3) is 6.50. The van der Waals surface area contributed by atoms with E-state index in [1.807, 2.05) is 31.3 Å². The molecule has 0 amide bonds. The van der Waals surface area contributed by atoms with Crippen LogP contribution >= 0.6 is 23.2 Å². The summed E-state index contributed by atoms with van der Waals surface area (Å²) in [6, 6.07) is 22.2. The van der Waals surface area contributed by atoms with Gasteiger partial charge in [0.2, 0.25) is 5.79 Å². The predicted molar refractivity (Wildman–Crippen MR) is 174 cm³/mol. The first-order valence-corrected chi connectivity index (χ1v) is 15.6. The van der Waals surface area contributed by atoms with Gasteiger partial charge in [0.25, 0.3) is 0 Å².